The van der Waals surface area contributed by atoms with E-state index in [9.17, 15) is 9.59 Å². The fourth-order valence-corrected chi connectivity index (χ4v) is 2.77. The summed E-state index contributed by atoms with van der Waals surface area (Å²) in [5, 5.41) is 2.34. The number of amides is 2. The van der Waals surface area contributed by atoms with Gasteiger partial charge in [-0.25, -0.2) is 0 Å². The van der Waals surface area contributed by atoms with Crippen molar-refractivity contribution in [1.29, 1.82) is 0 Å². The van der Waals surface area contributed by atoms with Crippen molar-refractivity contribution in [3.8, 4) is 17.2 Å². The molecule has 26 heavy (non-hydrogen) atoms. The summed E-state index contributed by atoms with van der Waals surface area (Å²) in [6, 6.07) is 6.33. The third kappa shape index (κ3) is 3.72. The van der Waals surface area contributed by atoms with Crippen LogP contribution in [0.15, 0.2) is 24.3 Å². The SMILES string of the molecule is COc1cc(N)c(C(=O)NC(=O)c2cc(C)c(OC)c(C)c2)c(OC)c1. The van der Waals surface area contributed by atoms with Crippen molar-refractivity contribution >= 4 is 17.5 Å². The smallest absolute Gasteiger partial charge is 0.263 e. The number of imide groups is 1. The molecule has 0 heterocycles. The van der Waals surface area contributed by atoms with Crippen LogP contribution in [0.25, 0.3) is 0 Å². The van der Waals surface area contributed by atoms with Gasteiger partial charge in [0.25, 0.3) is 11.8 Å². The maximum atomic E-state index is 12.6. The summed E-state index contributed by atoms with van der Waals surface area (Å²) in [5.41, 5.74) is 8.09. The zero-order chi connectivity index (χ0) is 19.4. The summed E-state index contributed by atoms with van der Waals surface area (Å²) < 4.78 is 15.6. The molecule has 0 bridgehead atoms. The first-order valence-electron chi connectivity index (χ1n) is 7.84. The van der Waals surface area contributed by atoms with Crippen molar-refractivity contribution < 1.29 is 23.8 Å². The average molecular weight is 358 g/mol. The number of benzene rings is 2. The molecule has 0 aromatic heterocycles. The van der Waals surface area contributed by atoms with Crippen molar-refractivity contribution in [2.24, 2.45) is 0 Å². The summed E-state index contributed by atoms with van der Waals surface area (Å²) in [6.07, 6.45) is 0. The molecule has 0 aliphatic carbocycles. The monoisotopic (exact) mass is 358 g/mol. The molecule has 0 spiro atoms. The number of hydrogen-bond donors (Lipinski definition) is 2. The molecular formula is C19H22N2O5. The lowest BCUT2D eigenvalue weighted by Crippen LogP contribution is -2.31. The number of ether oxygens (including phenoxy) is 3. The molecule has 2 rings (SSSR count). The summed E-state index contributed by atoms with van der Waals surface area (Å²) in [4.78, 5) is 25.1. The third-order valence-corrected chi connectivity index (χ3v) is 3.94. The number of hydrogen-bond acceptors (Lipinski definition) is 6. The minimum Gasteiger partial charge on any atom is -0.497 e. The van der Waals surface area contributed by atoms with Gasteiger partial charge >= 0.3 is 0 Å². The molecule has 7 heteroatoms. The minimum atomic E-state index is -0.655. The van der Waals surface area contributed by atoms with Gasteiger partial charge in [0.05, 0.1) is 27.0 Å². The Balaban J connectivity index is 2.32. The Hall–Kier alpha value is -3.22. The molecular weight excluding hydrogens is 336 g/mol. The van der Waals surface area contributed by atoms with Crippen molar-refractivity contribution in [1.82, 2.24) is 5.32 Å². The lowest BCUT2D eigenvalue weighted by molar-refractivity contribution is 0.0848. The van der Waals surface area contributed by atoms with Gasteiger partial charge < -0.3 is 19.9 Å². The lowest BCUT2D eigenvalue weighted by Gasteiger charge is -2.14. The highest BCUT2D eigenvalue weighted by atomic mass is 16.5. The second-order valence-electron chi connectivity index (χ2n) is 5.72. The molecule has 0 aliphatic heterocycles. The molecule has 0 unspecified atom stereocenters. The predicted octanol–water partition coefficient (Wildman–Crippen LogP) is 2.48. The Morgan fingerprint density at radius 1 is 0.885 bits per heavy atom. The Labute approximate surface area is 152 Å². The van der Waals surface area contributed by atoms with E-state index in [1.807, 2.05) is 13.8 Å². The number of nitrogens with two attached hydrogens (primary N) is 1. The van der Waals surface area contributed by atoms with Gasteiger partial charge in [-0.3, -0.25) is 14.9 Å². The lowest BCUT2D eigenvalue weighted by atomic mass is 10.0. The highest BCUT2D eigenvalue weighted by molar-refractivity contribution is 6.13. The first-order valence-corrected chi connectivity index (χ1v) is 7.84. The number of aryl methyl sites for hydroxylation is 2. The van der Waals surface area contributed by atoms with Crippen molar-refractivity contribution in [3.05, 3.63) is 46.5 Å². The largest absolute Gasteiger partial charge is 0.497 e. The van der Waals surface area contributed by atoms with Crippen LogP contribution in [0.5, 0.6) is 17.2 Å². The van der Waals surface area contributed by atoms with Gasteiger partial charge in [-0.05, 0) is 37.1 Å². The zero-order valence-electron chi connectivity index (χ0n) is 15.4. The molecule has 0 saturated carbocycles. The molecule has 2 aromatic rings. The highest BCUT2D eigenvalue weighted by Gasteiger charge is 2.21. The zero-order valence-corrected chi connectivity index (χ0v) is 15.4. The topological polar surface area (TPSA) is 99.9 Å². The number of nitrogen functional groups attached to an aromatic ring is 1. The average Bonchev–Trinajstić information content (AvgIpc) is 2.60. The number of carbonyl (C=O) groups is 2. The van der Waals surface area contributed by atoms with E-state index in [0.717, 1.165) is 11.1 Å². The summed E-state index contributed by atoms with van der Waals surface area (Å²) in [5.74, 6) is 0.172. The molecule has 0 saturated heterocycles. The first-order chi connectivity index (χ1) is 12.3. The summed E-state index contributed by atoms with van der Waals surface area (Å²) in [6.45, 7) is 3.66. The minimum absolute atomic E-state index is 0.0728. The van der Waals surface area contributed by atoms with Gasteiger partial charge in [0.1, 0.15) is 22.8 Å². The number of anilines is 1. The Morgan fingerprint density at radius 2 is 1.50 bits per heavy atom. The molecule has 138 valence electrons. The van der Waals surface area contributed by atoms with E-state index in [1.165, 1.54) is 26.4 Å². The van der Waals surface area contributed by atoms with E-state index >= 15 is 0 Å². The van der Waals surface area contributed by atoms with E-state index in [2.05, 4.69) is 5.32 Å². The van der Waals surface area contributed by atoms with E-state index < -0.39 is 11.8 Å². The second-order valence-corrected chi connectivity index (χ2v) is 5.72. The molecule has 0 aliphatic rings. The molecule has 0 fully saturated rings. The molecule has 7 nitrogen and oxygen atoms in total. The van der Waals surface area contributed by atoms with Crippen LogP contribution in [0.1, 0.15) is 31.8 Å². The van der Waals surface area contributed by atoms with Gasteiger partial charge in [-0.15, -0.1) is 0 Å². The quantitative estimate of drug-likeness (QED) is 0.629. The van der Waals surface area contributed by atoms with Crippen LogP contribution in [0, 0.1) is 13.8 Å². The fraction of sp³-hybridized carbons (Fsp3) is 0.263. The van der Waals surface area contributed by atoms with Crippen LogP contribution in [0.4, 0.5) is 5.69 Å². The number of rotatable bonds is 5. The van der Waals surface area contributed by atoms with E-state index in [0.29, 0.717) is 17.1 Å². The van der Waals surface area contributed by atoms with Crippen LogP contribution in [-0.4, -0.2) is 33.1 Å². The van der Waals surface area contributed by atoms with Gasteiger partial charge in [0, 0.05) is 17.7 Å². The standard InChI is InChI=1S/C19H22N2O5/c1-10-6-12(7-11(2)17(10)26-5)18(22)21-19(23)16-14(20)8-13(24-3)9-15(16)25-4/h6-9H,20H2,1-5H3,(H,21,22,23). The van der Waals surface area contributed by atoms with E-state index in [1.54, 1.807) is 19.2 Å². The number of methoxy groups -OCH3 is 3. The maximum Gasteiger partial charge on any atom is 0.263 e. The molecule has 0 atom stereocenters. The number of nitrogens with one attached hydrogen (secondary N) is 1. The molecule has 3 N–H and O–H groups in total. The second kappa shape index (κ2) is 7.77. The normalized spacial score (nSPS) is 10.2. The number of carbonyl (C=O) groups excluding carboxylic acids is 2. The Kier molecular flexibility index (Phi) is 5.71. The van der Waals surface area contributed by atoms with Crippen molar-refractivity contribution in [3.63, 3.8) is 0 Å². The van der Waals surface area contributed by atoms with Crippen molar-refractivity contribution in [2.45, 2.75) is 13.8 Å². The van der Waals surface area contributed by atoms with Gasteiger partial charge in [-0.1, -0.05) is 0 Å². The maximum absolute atomic E-state index is 12.6. The van der Waals surface area contributed by atoms with Crippen LogP contribution in [-0.2, 0) is 0 Å². The Bertz CT molecular complexity index is 838. The first kappa shape index (κ1) is 19.1. The predicted molar refractivity (Wildman–Crippen MR) is 98.2 cm³/mol. The summed E-state index contributed by atoms with van der Waals surface area (Å²) >= 11 is 0. The summed E-state index contributed by atoms with van der Waals surface area (Å²) in [7, 11) is 4.45. The highest BCUT2D eigenvalue weighted by Crippen LogP contribution is 2.30. The molecule has 2 amide bonds. The van der Waals surface area contributed by atoms with Crippen LogP contribution < -0.4 is 25.3 Å². The van der Waals surface area contributed by atoms with Gasteiger partial charge in [-0.2, -0.15) is 0 Å². The van der Waals surface area contributed by atoms with Crippen LogP contribution >= 0.6 is 0 Å². The van der Waals surface area contributed by atoms with Crippen LogP contribution in [0.3, 0.4) is 0 Å². The third-order valence-electron chi connectivity index (χ3n) is 3.94. The van der Waals surface area contributed by atoms with Gasteiger partial charge in [0.2, 0.25) is 0 Å². The van der Waals surface area contributed by atoms with E-state index in [4.69, 9.17) is 19.9 Å². The molecule has 0 radical (unpaired) electrons. The van der Waals surface area contributed by atoms with Crippen molar-refractivity contribution in [2.75, 3.05) is 27.1 Å². The molecule has 2 aromatic carbocycles. The van der Waals surface area contributed by atoms with E-state index in [-0.39, 0.29) is 17.0 Å². The fourth-order valence-electron chi connectivity index (χ4n) is 2.77. The van der Waals surface area contributed by atoms with Gasteiger partial charge in [0.15, 0.2) is 0 Å². The van der Waals surface area contributed by atoms with Crippen LogP contribution in [0.2, 0.25) is 0 Å². The Morgan fingerprint density at radius 3 is 2.00 bits per heavy atom.